The predicted molar refractivity (Wildman–Crippen MR) is 65.0 cm³/mol. The molecular weight excluding hydrogens is 238 g/mol. The Hall–Kier alpha value is -0.910. The molecule has 0 amide bonds. The van der Waals surface area contributed by atoms with Crippen LogP contribution in [-0.4, -0.2) is 30.9 Å². The summed E-state index contributed by atoms with van der Waals surface area (Å²) in [4.78, 5) is 0.240. The molecule has 0 aromatic heterocycles. The molecule has 0 bridgehead atoms. The predicted octanol–water partition coefficient (Wildman–Crippen LogP) is 1.35. The molecule has 17 heavy (non-hydrogen) atoms. The first-order chi connectivity index (χ1) is 8.16. The third-order valence-electron chi connectivity index (χ3n) is 3.08. The summed E-state index contributed by atoms with van der Waals surface area (Å²) in [5.41, 5.74) is 0.470. The van der Waals surface area contributed by atoms with Crippen LogP contribution in [0.4, 0.5) is 0 Å². The van der Waals surface area contributed by atoms with Crippen LogP contribution in [0.3, 0.4) is 0 Å². The average molecular weight is 255 g/mol. The van der Waals surface area contributed by atoms with E-state index in [9.17, 15) is 13.5 Å². The lowest BCUT2D eigenvalue weighted by atomic mass is 10.2. The first kappa shape index (κ1) is 12.5. The lowest BCUT2D eigenvalue weighted by Crippen LogP contribution is -2.36. The summed E-state index contributed by atoms with van der Waals surface area (Å²) in [6, 6.07) is 6.64. The second-order valence-corrected chi connectivity index (χ2v) is 6.14. The van der Waals surface area contributed by atoms with E-state index < -0.39 is 10.0 Å². The number of aliphatic hydroxyl groups excluding tert-OH is 1. The molecule has 1 aromatic rings. The van der Waals surface area contributed by atoms with Gasteiger partial charge in [0.15, 0.2) is 0 Å². The minimum absolute atomic E-state index is 0.240. The maximum atomic E-state index is 12.4. The SMILES string of the molecule is O=S(=O)(c1ccccc1CO)N1CCCCC1. The van der Waals surface area contributed by atoms with E-state index in [1.807, 2.05) is 0 Å². The lowest BCUT2D eigenvalue weighted by Gasteiger charge is -2.26. The van der Waals surface area contributed by atoms with Gasteiger partial charge in [-0.05, 0) is 24.5 Å². The second kappa shape index (κ2) is 5.16. The zero-order valence-electron chi connectivity index (χ0n) is 9.67. The Morgan fingerprint density at radius 3 is 2.41 bits per heavy atom. The maximum Gasteiger partial charge on any atom is 0.243 e. The van der Waals surface area contributed by atoms with Gasteiger partial charge in [0.25, 0.3) is 0 Å². The van der Waals surface area contributed by atoms with Crippen LogP contribution in [0.1, 0.15) is 24.8 Å². The number of piperidine rings is 1. The average Bonchev–Trinajstić information content (AvgIpc) is 2.39. The minimum Gasteiger partial charge on any atom is -0.392 e. The zero-order chi connectivity index (χ0) is 12.3. The minimum atomic E-state index is -3.43. The van der Waals surface area contributed by atoms with Crippen molar-refractivity contribution in [3.05, 3.63) is 29.8 Å². The van der Waals surface area contributed by atoms with E-state index in [1.165, 1.54) is 4.31 Å². The molecule has 1 aromatic carbocycles. The van der Waals surface area contributed by atoms with Crippen molar-refractivity contribution in [2.45, 2.75) is 30.8 Å². The fourth-order valence-corrected chi connectivity index (χ4v) is 3.86. The van der Waals surface area contributed by atoms with Gasteiger partial charge in [-0.1, -0.05) is 24.6 Å². The monoisotopic (exact) mass is 255 g/mol. The second-order valence-electron chi connectivity index (χ2n) is 4.23. The molecule has 1 N–H and O–H groups in total. The molecule has 1 saturated heterocycles. The molecule has 1 aliphatic heterocycles. The highest BCUT2D eigenvalue weighted by atomic mass is 32.2. The van der Waals surface area contributed by atoms with E-state index >= 15 is 0 Å². The fourth-order valence-electron chi connectivity index (χ4n) is 2.13. The first-order valence-corrected chi connectivity index (χ1v) is 7.29. The number of aliphatic hydroxyl groups is 1. The van der Waals surface area contributed by atoms with Crippen LogP contribution in [-0.2, 0) is 16.6 Å². The smallest absolute Gasteiger partial charge is 0.243 e. The number of hydrogen-bond acceptors (Lipinski definition) is 3. The van der Waals surface area contributed by atoms with E-state index in [0.717, 1.165) is 19.3 Å². The van der Waals surface area contributed by atoms with Crippen molar-refractivity contribution >= 4 is 10.0 Å². The van der Waals surface area contributed by atoms with Gasteiger partial charge in [0.2, 0.25) is 10.0 Å². The van der Waals surface area contributed by atoms with Crippen LogP contribution < -0.4 is 0 Å². The molecule has 5 heteroatoms. The summed E-state index contributed by atoms with van der Waals surface area (Å²) >= 11 is 0. The molecular formula is C12H17NO3S. The van der Waals surface area contributed by atoms with E-state index in [2.05, 4.69) is 0 Å². The molecule has 0 aliphatic carbocycles. The van der Waals surface area contributed by atoms with Gasteiger partial charge in [0.05, 0.1) is 11.5 Å². The Morgan fingerprint density at radius 1 is 1.12 bits per heavy atom. The van der Waals surface area contributed by atoms with Crippen molar-refractivity contribution in [2.24, 2.45) is 0 Å². The van der Waals surface area contributed by atoms with E-state index in [4.69, 9.17) is 0 Å². The molecule has 0 spiro atoms. The van der Waals surface area contributed by atoms with Crippen molar-refractivity contribution in [1.82, 2.24) is 4.31 Å². The van der Waals surface area contributed by atoms with Gasteiger partial charge < -0.3 is 5.11 Å². The van der Waals surface area contributed by atoms with Crippen LogP contribution in [0.2, 0.25) is 0 Å². The summed E-state index contributed by atoms with van der Waals surface area (Å²) in [6.07, 6.45) is 2.93. The van der Waals surface area contributed by atoms with Crippen molar-refractivity contribution in [3.8, 4) is 0 Å². The summed E-state index contributed by atoms with van der Waals surface area (Å²) < 4.78 is 26.3. The van der Waals surface area contributed by atoms with Gasteiger partial charge in [-0.25, -0.2) is 8.42 Å². The van der Waals surface area contributed by atoms with Crippen LogP contribution >= 0.6 is 0 Å². The third-order valence-corrected chi connectivity index (χ3v) is 5.07. The number of nitrogens with zero attached hydrogens (tertiary/aromatic N) is 1. The Balaban J connectivity index is 2.36. The van der Waals surface area contributed by atoms with Gasteiger partial charge in [-0.15, -0.1) is 0 Å². The highest BCUT2D eigenvalue weighted by Gasteiger charge is 2.27. The molecule has 1 heterocycles. The van der Waals surface area contributed by atoms with Gasteiger partial charge in [0.1, 0.15) is 0 Å². The topological polar surface area (TPSA) is 57.6 Å². The highest BCUT2D eigenvalue weighted by molar-refractivity contribution is 7.89. The summed E-state index contributed by atoms with van der Waals surface area (Å²) in [5.74, 6) is 0. The van der Waals surface area contributed by atoms with Crippen molar-refractivity contribution in [2.75, 3.05) is 13.1 Å². The van der Waals surface area contributed by atoms with Gasteiger partial charge in [-0.2, -0.15) is 4.31 Å². The lowest BCUT2D eigenvalue weighted by molar-refractivity contribution is 0.277. The van der Waals surface area contributed by atoms with Crippen LogP contribution in [0.25, 0.3) is 0 Å². The normalized spacial score (nSPS) is 18.2. The van der Waals surface area contributed by atoms with Crippen LogP contribution in [0.15, 0.2) is 29.2 Å². The number of sulfonamides is 1. The zero-order valence-corrected chi connectivity index (χ0v) is 10.5. The maximum absolute atomic E-state index is 12.4. The summed E-state index contributed by atoms with van der Waals surface area (Å²) in [7, 11) is -3.43. The van der Waals surface area contributed by atoms with E-state index in [-0.39, 0.29) is 11.5 Å². The van der Waals surface area contributed by atoms with Gasteiger partial charge >= 0.3 is 0 Å². The number of hydrogen-bond donors (Lipinski definition) is 1. The first-order valence-electron chi connectivity index (χ1n) is 5.85. The van der Waals surface area contributed by atoms with Crippen molar-refractivity contribution in [3.63, 3.8) is 0 Å². The van der Waals surface area contributed by atoms with E-state index in [1.54, 1.807) is 24.3 Å². The number of benzene rings is 1. The Morgan fingerprint density at radius 2 is 1.76 bits per heavy atom. The standard InChI is InChI=1S/C12H17NO3S/c14-10-11-6-2-3-7-12(11)17(15,16)13-8-4-1-5-9-13/h2-3,6-7,14H,1,4-5,8-10H2. The van der Waals surface area contributed by atoms with E-state index in [0.29, 0.717) is 18.7 Å². The molecule has 2 rings (SSSR count). The number of rotatable bonds is 3. The molecule has 0 saturated carbocycles. The van der Waals surface area contributed by atoms with Crippen molar-refractivity contribution in [1.29, 1.82) is 0 Å². The van der Waals surface area contributed by atoms with Crippen LogP contribution in [0, 0.1) is 0 Å². The third kappa shape index (κ3) is 2.51. The largest absolute Gasteiger partial charge is 0.392 e. The highest BCUT2D eigenvalue weighted by Crippen LogP contribution is 2.23. The van der Waals surface area contributed by atoms with Gasteiger partial charge in [-0.3, -0.25) is 0 Å². The molecule has 0 radical (unpaired) electrons. The molecule has 4 nitrogen and oxygen atoms in total. The van der Waals surface area contributed by atoms with Crippen molar-refractivity contribution < 1.29 is 13.5 Å². The molecule has 1 fully saturated rings. The Bertz CT molecular complexity index is 478. The molecule has 1 aliphatic rings. The molecule has 0 atom stereocenters. The fraction of sp³-hybridized carbons (Fsp3) is 0.500. The molecule has 0 unspecified atom stereocenters. The quantitative estimate of drug-likeness (QED) is 0.887. The summed E-state index contributed by atoms with van der Waals surface area (Å²) in [5, 5.41) is 9.20. The summed E-state index contributed by atoms with van der Waals surface area (Å²) in [6.45, 7) is 0.924. The van der Waals surface area contributed by atoms with Gasteiger partial charge in [0, 0.05) is 13.1 Å². The van der Waals surface area contributed by atoms with Crippen LogP contribution in [0.5, 0.6) is 0 Å². The Kier molecular flexibility index (Phi) is 3.81. The Labute approximate surface area is 102 Å². The molecule has 94 valence electrons.